The lowest BCUT2D eigenvalue weighted by Crippen LogP contribution is -2.31. The van der Waals surface area contributed by atoms with Crippen molar-refractivity contribution in [1.82, 2.24) is 19.5 Å². The van der Waals surface area contributed by atoms with Gasteiger partial charge in [0.25, 0.3) is 5.56 Å². The van der Waals surface area contributed by atoms with Crippen LogP contribution in [0, 0.1) is 6.92 Å². The summed E-state index contributed by atoms with van der Waals surface area (Å²) in [6, 6.07) is 0. The van der Waals surface area contributed by atoms with Gasteiger partial charge in [-0.05, 0) is 6.92 Å². The molecule has 17 heavy (non-hydrogen) atoms. The molecule has 7 heteroatoms. The van der Waals surface area contributed by atoms with Crippen molar-refractivity contribution in [2.45, 2.75) is 13.5 Å². The molecule has 0 unspecified atom stereocenters. The van der Waals surface area contributed by atoms with Crippen LogP contribution in [-0.4, -0.2) is 19.5 Å². The number of aromatic amines is 1. The molecule has 2 heterocycles. The van der Waals surface area contributed by atoms with Gasteiger partial charge in [0.2, 0.25) is 0 Å². The summed E-state index contributed by atoms with van der Waals surface area (Å²) in [5, 5.41) is 0.291. The maximum absolute atomic E-state index is 11.5. The normalized spacial score (nSPS) is 10.5. The summed E-state index contributed by atoms with van der Waals surface area (Å²) < 4.78 is 1.36. The highest BCUT2D eigenvalue weighted by Gasteiger charge is 2.03. The highest BCUT2D eigenvalue weighted by atomic mass is 35.5. The molecule has 0 bridgehead atoms. The molecular formula is C10H9ClN4O2. The molecule has 0 aliphatic rings. The second-order valence-corrected chi connectivity index (χ2v) is 3.92. The third kappa shape index (κ3) is 2.59. The Morgan fingerprint density at radius 1 is 1.35 bits per heavy atom. The largest absolute Gasteiger partial charge is 0.328 e. The van der Waals surface area contributed by atoms with E-state index in [2.05, 4.69) is 15.0 Å². The fourth-order valence-corrected chi connectivity index (χ4v) is 1.43. The molecule has 0 aromatic carbocycles. The zero-order chi connectivity index (χ0) is 12.4. The molecule has 0 radical (unpaired) electrons. The molecule has 0 aliphatic carbocycles. The smallest absolute Gasteiger partial charge is 0.294 e. The van der Waals surface area contributed by atoms with Crippen LogP contribution in [0.4, 0.5) is 0 Å². The average molecular weight is 253 g/mol. The van der Waals surface area contributed by atoms with E-state index in [1.165, 1.54) is 23.2 Å². The first-order valence-electron chi connectivity index (χ1n) is 4.83. The molecule has 2 rings (SSSR count). The van der Waals surface area contributed by atoms with E-state index in [4.69, 9.17) is 11.6 Å². The van der Waals surface area contributed by atoms with E-state index in [0.29, 0.717) is 16.4 Å². The van der Waals surface area contributed by atoms with Crippen molar-refractivity contribution in [3.8, 4) is 0 Å². The number of nitrogens with one attached hydrogen (secondary N) is 1. The molecule has 1 N–H and O–H groups in total. The standard InChI is InChI=1S/C10H9ClN4O2/c1-6-4-15(10(17)14-9(6)16)5-7-2-13-8(11)3-12-7/h2-4H,5H2,1H3,(H,14,16,17). The van der Waals surface area contributed by atoms with Gasteiger partial charge in [0.15, 0.2) is 0 Å². The lowest BCUT2D eigenvalue weighted by atomic mass is 10.3. The van der Waals surface area contributed by atoms with Crippen molar-refractivity contribution in [3.63, 3.8) is 0 Å². The van der Waals surface area contributed by atoms with Gasteiger partial charge in [-0.25, -0.2) is 9.78 Å². The van der Waals surface area contributed by atoms with Crippen LogP contribution in [0.3, 0.4) is 0 Å². The summed E-state index contributed by atoms with van der Waals surface area (Å²) in [5.74, 6) is 0. The Morgan fingerprint density at radius 3 is 2.76 bits per heavy atom. The third-order valence-electron chi connectivity index (χ3n) is 2.20. The summed E-state index contributed by atoms with van der Waals surface area (Å²) in [7, 11) is 0. The van der Waals surface area contributed by atoms with Crippen LogP contribution in [0.1, 0.15) is 11.3 Å². The first-order chi connectivity index (χ1) is 8.06. The molecule has 0 atom stereocenters. The molecule has 88 valence electrons. The predicted octanol–water partition coefficient (Wildman–Crippen LogP) is 0.337. The van der Waals surface area contributed by atoms with Gasteiger partial charge < -0.3 is 0 Å². The van der Waals surface area contributed by atoms with Crippen molar-refractivity contribution in [2.75, 3.05) is 0 Å². The number of halogens is 1. The number of rotatable bonds is 2. The highest BCUT2D eigenvalue weighted by molar-refractivity contribution is 6.29. The molecule has 0 spiro atoms. The van der Waals surface area contributed by atoms with Gasteiger partial charge in [-0.1, -0.05) is 11.6 Å². The number of hydrogen-bond donors (Lipinski definition) is 1. The number of H-pyrrole nitrogens is 1. The Balaban J connectivity index is 2.36. The van der Waals surface area contributed by atoms with Crippen LogP contribution >= 0.6 is 11.6 Å². The number of nitrogens with zero attached hydrogens (tertiary/aromatic N) is 3. The molecule has 0 saturated carbocycles. The van der Waals surface area contributed by atoms with Crippen LogP contribution in [0.25, 0.3) is 0 Å². The molecular weight excluding hydrogens is 244 g/mol. The Hall–Kier alpha value is -1.95. The van der Waals surface area contributed by atoms with Gasteiger partial charge in [0.05, 0.1) is 24.6 Å². The molecule has 2 aromatic heterocycles. The second-order valence-electron chi connectivity index (χ2n) is 3.53. The molecule has 0 amide bonds. The fraction of sp³-hybridized carbons (Fsp3) is 0.200. The molecule has 2 aromatic rings. The Bertz CT molecular complexity index is 645. The van der Waals surface area contributed by atoms with E-state index in [-0.39, 0.29) is 12.1 Å². The molecule has 0 fully saturated rings. The maximum Gasteiger partial charge on any atom is 0.328 e. The Kier molecular flexibility index (Phi) is 3.06. The topological polar surface area (TPSA) is 80.6 Å². The van der Waals surface area contributed by atoms with Crippen LogP contribution in [-0.2, 0) is 6.54 Å². The molecule has 6 nitrogen and oxygen atoms in total. The van der Waals surface area contributed by atoms with Gasteiger partial charge in [-0.2, -0.15) is 0 Å². The third-order valence-corrected chi connectivity index (χ3v) is 2.39. The van der Waals surface area contributed by atoms with Gasteiger partial charge in [-0.3, -0.25) is 19.3 Å². The fourth-order valence-electron chi connectivity index (χ4n) is 1.33. The van der Waals surface area contributed by atoms with Crippen molar-refractivity contribution in [1.29, 1.82) is 0 Å². The van der Waals surface area contributed by atoms with Crippen LogP contribution in [0.15, 0.2) is 28.2 Å². The maximum atomic E-state index is 11.5. The second kappa shape index (κ2) is 4.50. The van der Waals surface area contributed by atoms with E-state index < -0.39 is 5.69 Å². The van der Waals surface area contributed by atoms with Crippen molar-refractivity contribution < 1.29 is 0 Å². The summed E-state index contributed by atoms with van der Waals surface area (Å²) >= 11 is 5.60. The van der Waals surface area contributed by atoms with Crippen LogP contribution < -0.4 is 11.2 Å². The molecule has 0 aliphatic heterocycles. The van der Waals surface area contributed by atoms with E-state index >= 15 is 0 Å². The Labute approximate surface area is 101 Å². The van der Waals surface area contributed by atoms with Crippen molar-refractivity contribution in [3.05, 3.63) is 55.8 Å². The first-order valence-corrected chi connectivity index (χ1v) is 5.21. The number of aromatic nitrogens is 4. The minimum atomic E-state index is -0.475. The van der Waals surface area contributed by atoms with Crippen molar-refractivity contribution >= 4 is 11.6 Å². The average Bonchev–Trinajstić information content (AvgIpc) is 2.29. The van der Waals surface area contributed by atoms with E-state index in [1.54, 1.807) is 6.92 Å². The lowest BCUT2D eigenvalue weighted by molar-refractivity contribution is 0.696. The van der Waals surface area contributed by atoms with Gasteiger partial charge >= 0.3 is 5.69 Å². The summed E-state index contributed by atoms with van der Waals surface area (Å²) in [6.45, 7) is 1.86. The summed E-state index contributed by atoms with van der Waals surface area (Å²) in [6.07, 6.45) is 4.37. The number of hydrogen-bond acceptors (Lipinski definition) is 4. The van der Waals surface area contributed by atoms with Gasteiger partial charge in [0, 0.05) is 11.8 Å². The van der Waals surface area contributed by atoms with Crippen LogP contribution in [0.5, 0.6) is 0 Å². The Morgan fingerprint density at radius 2 is 2.12 bits per heavy atom. The minimum absolute atomic E-state index is 0.237. The zero-order valence-corrected chi connectivity index (χ0v) is 9.73. The first kappa shape index (κ1) is 11.5. The predicted molar refractivity (Wildman–Crippen MR) is 62.2 cm³/mol. The van der Waals surface area contributed by atoms with E-state index in [9.17, 15) is 9.59 Å². The van der Waals surface area contributed by atoms with Gasteiger partial charge in [-0.15, -0.1) is 0 Å². The van der Waals surface area contributed by atoms with Crippen molar-refractivity contribution in [2.24, 2.45) is 0 Å². The zero-order valence-electron chi connectivity index (χ0n) is 8.98. The van der Waals surface area contributed by atoms with Gasteiger partial charge in [0.1, 0.15) is 5.15 Å². The number of aryl methyl sites for hydroxylation is 1. The quantitative estimate of drug-likeness (QED) is 0.836. The van der Waals surface area contributed by atoms with Crippen LogP contribution in [0.2, 0.25) is 5.15 Å². The van der Waals surface area contributed by atoms with E-state index in [1.807, 2.05) is 0 Å². The summed E-state index contributed by atoms with van der Waals surface area (Å²) in [4.78, 5) is 32.8. The van der Waals surface area contributed by atoms with E-state index in [0.717, 1.165) is 0 Å². The lowest BCUT2D eigenvalue weighted by Gasteiger charge is -2.04. The highest BCUT2D eigenvalue weighted by Crippen LogP contribution is 2.02. The SMILES string of the molecule is Cc1cn(Cc2cnc(Cl)cn2)c(=O)[nH]c1=O. The summed E-state index contributed by atoms with van der Waals surface area (Å²) in [5.41, 5.74) is 0.195. The monoisotopic (exact) mass is 252 g/mol. The molecule has 0 saturated heterocycles. The minimum Gasteiger partial charge on any atom is -0.294 e.